The number of carbonyl (C=O) groups is 1. The van der Waals surface area contributed by atoms with Gasteiger partial charge in [-0.2, -0.15) is 0 Å². The molecule has 26 heavy (non-hydrogen) atoms. The Morgan fingerprint density at radius 1 is 1.19 bits per heavy atom. The fraction of sp³-hybridized carbons (Fsp3) is 0.278. The molecule has 0 radical (unpaired) electrons. The standard InChI is InChI=1S/C18H15ClFN3O2S/c19-15-14(26-18(22-15)23-8-2-1-3-9-23)10-13-17(24)25-16(21-13)11-4-6-12(20)7-5-11/h4-7,10H,1-3,8-9H2/b13-10+. The summed E-state index contributed by atoms with van der Waals surface area (Å²) in [4.78, 5) is 23.6. The number of hydrogen-bond donors (Lipinski definition) is 0. The number of benzene rings is 1. The van der Waals surface area contributed by atoms with Crippen LogP contribution in [-0.2, 0) is 9.53 Å². The molecule has 1 aromatic heterocycles. The van der Waals surface area contributed by atoms with Crippen molar-refractivity contribution in [1.82, 2.24) is 4.98 Å². The molecule has 0 spiro atoms. The van der Waals surface area contributed by atoms with Crippen molar-refractivity contribution in [1.29, 1.82) is 0 Å². The van der Waals surface area contributed by atoms with Gasteiger partial charge in [0.15, 0.2) is 10.8 Å². The summed E-state index contributed by atoms with van der Waals surface area (Å²) in [6.07, 6.45) is 5.11. The lowest BCUT2D eigenvalue weighted by atomic mass is 10.1. The van der Waals surface area contributed by atoms with E-state index < -0.39 is 5.97 Å². The van der Waals surface area contributed by atoms with Crippen LogP contribution in [0.15, 0.2) is 35.0 Å². The van der Waals surface area contributed by atoms with E-state index in [1.807, 2.05) is 0 Å². The first-order valence-corrected chi connectivity index (χ1v) is 9.49. The van der Waals surface area contributed by atoms with E-state index in [4.69, 9.17) is 16.3 Å². The predicted octanol–water partition coefficient (Wildman–Crippen LogP) is 4.27. The smallest absolute Gasteiger partial charge is 0.363 e. The van der Waals surface area contributed by atoms with E-state index in [0.717, 1.165) is 31.1 Å². The van der Waals surface area contributed by atoms with Gasteiger partial charge in [0, 0.05) is 18.7 Å². The molecule has 0 unspecified atom stereocenters. The second kappa shape index (κ2) is 7.17. The van der Waals surface area contributed by atoms with E-state index in [-0.39, 0.29) is 17.4 Å². The maximum Gasteiger partial charge on any atom is 0.363 e. The molecule has 0 bridgehead atoms. The third kappa shape index (κ3) is 3.50. The van der Waals surface area contributed by atoms with Crippen LogP contribution in [0.25, 0.3) is 6.08 Å². The minimum absolute atomic E-state index is 0.151. The molecule has 1 saturated heterocycles. The second-order valence-electron chi connectivity index (χ2n) is 6.04. The summed E-state index contributed by atoms with van der Waals surface area (Å²) in [5.74, 6) is -0.775. The van der Waals surface area contributed by atoms with Crippen LogP contribution in [-0.4, -0.2) is 29.9 Å². The molecule has 0 N–H and O–H groups in total. The molecule has 0 amide bonds. The van der Waals surface area contributed by atoms with E-state index in [1.165, 1.54) is 42.0 Å². The summed E-state index contributed by atoms with van der Waals surface area (Å²) in [5.41, 5.74) is 0.688. The Labute approximate surface area is 158 Å². The van der Waals surface area contributed by atoms with Crippen LogP contribution in [0, 0.1) is 5.82 Å². The largest absolute Gasteiger partial charge is 0.402 e. The maximum absolute atomic E-state index is 13.0. The number of aliphatic imine (C=N–C) groups is 1. The number of hydrogen-bond acceptors (Lipinski definition) is 6. The molecule has 134 valence electrons. The van der Waals surface area contributed by atoms with Gasteiger partial charge < -0.3 is 9.64 Å². The molecule has 1 fully saturated rings. The minimum atomic E-state index is -0.562. The molecule has 5 nitrogen and oxygen atoms in total. The zero-order valence-corrected chi connectivity index (χ0v) is 15.3. The fourth-order valence-corrected chi connectivity index (χ4v) is 4.11. The first kappa shape index (κ1) is 17.2. The Hall–Kier alpha value is -2.25. The lowest BCUT2D eigenvalue weighted by molar-refractivity contribution is -0.129. The molecule has 3 heterocycles. The average Bonchev–Trinajstić information content (AvgIpc) is 3.20. The van der Waals surface area contributed by atoms with Crippen molar-refractivity contribution in [3.05, 3.63) is 51.4 Å². The van der Waals surface area contributed by atoms with Gasteiger partial charge in [-0.25, -0.2) is 19.2 Å². The summed E-state index contributed by atoms with van der Waals surface area (Å²) >= 11 is 7.68. The van der Waals surface area contributed by atoms with Gasteiger partial charge in [0.2, 0.25) is 5.90 Å². The van der Waals surface area contributed by atoms with Gasteiger partial charge >= 0.3 is 5.97 Å². The molecule has 2 aliphatic heterocycles. The molecular weight excluding hydrogens is 377 g/mol. The van der Waals surface area contributed by atoms with E-state index in [2.05, 4.69) is 14.9 Å². The van der Waals surface area contributed by atoms with Gasteiger partial charge in [-0.15, -0.1) is 0 Å². The van der Waals surface area contributed by atoms with Crippen LogP contribution in [0.5, 0.6) is 0 Å². The van der Waals surface area contributed by atoms with Crippen LogP contribution >= 0.6 is 22.9 Å². The number of rotatable bonds is 3. The summed E-state index contributed by atoms with van der Waals surface area (Å²) < 4.78 is 18.2. The second-order valence-corrected chi connectivity index (χ2v) is 7.41. The Balaban J connectivity index is 1.60. The number of halogens is 2. The Morgan fingerprint density at radius 2 is 1.92 bits per heavy atom. The maximum atomic E-state index is 13.0. The monoisotopic (exact) mass is 391 g/mol. The topological polar surface area (TPSA) is 54.8 Å². The highest BCUT2D eigenvalue weighted by Gasteiger charge is 2.25. The highest BCUT2D eigenvalue weighted by Crippen LogP contribution is 2.33. The van der Waals surface area contributed by atoms with Crippen LogP contribution in [0.3, 0.4) is 0 Å². The zero-order valence-electron chi connectivity index (χ0n) is 13.7. The van der Waals surface area contributed by atoms with Crippen LogP contribution < -0.4 is 4.90 Å². The van der Waals surface area contributed by atoms with Crippen LogP contribution in [0.1, 0.15) is 29.7 Å². The molecule has 1 aromatic carbocycles. The van der Waals surface area contributed by atoms with Gasteiger partial charge in [0.25, 0.3) is 0 Å². The number of piperidine rings is 1. The van der Waals surface area contributed by atoms with Crippen molar-refractivity contribution in [2.45, 2.75) is 19.3 Å². The number of carbonyl (C=O) groups excluding carboxylic acids is 1. The fourth-order valence-electron chi connectivity index (χ4n) is 2.86. The van der Waals surface area contributed by atoms with Crippen molar-refractivity contribution >= 4 is 46.0 Å². The van der Waals surface area contributed by atoms with Crippen LogP contribution in [0.4, 0.5) is 9.52 Å². The minimum Gasteiger partial charge on any atom is -0.402 e. The van der Waals surface area contributed by atoms with Crippen molar-refractivity contribution in [2.75, 3.05) is 18.0 Å². The molecule has 0 aliphatic carbocycles. The van der Waals surface area contributed by atoms with Gasteiger partial charge in [0.05, 0.1) is 4.88 Å². The van der Waals surface area contributed by atoms with E-state index >= 15 is 0 Å². The number of cyclic esters (lactones) is 1. The van der Waals surface area contributed by atoms with Crippen LogP contribution in [0.2, 0.25) is 5.15 Å². The zero-order chi connectivity index (χ0) is 18.1. The summed E-state index contributed by atoms with van der Waals surface area (Å²) in [7, 11) is 0. The number of thiazole rings is 1. The first-order valence-electron chi connectivity index (χ1n) is 8.30. The van der Waals surface area contributed by atoms with Crippen molar-refractivity contribution in [2.24, 2.45) is 4.99 Å². The Morgan fingerprint density at radius 3 is 2.65 bits per heavy atom. The summed E-state index contributed by atoms with van der Waals surface area (Å²) in [6, 6.07) is 5.60. The van der Waals surface area contributed by atoms with Gasteiger partial charge in [0.1, 0.15) is 11.0 Å². The SMILES string of the molecule is O=C1OC(c2ccc(F)cc2)=N/C1=C/c1sc(N2CCCCC2)nc1Cl. The van der Waals surface area contributed by atoms with E-state index in [1.54, 1.807) is 6.08 Å². The Kier molecular flexibility index (Phi) is 4.74. The lowest BCUT2D eigenvalue weighted by Gasteiger charge is -2.25. The molecular formula is C18H15ClFN3O2S. The number of ether oxygens (including phenoxy) is 1. The molecule has 8 heteroatoms. The third-order valence-electron chi connectivity index (χ3n) is 4.20. The molecule has 4 rings (SSSR count). The first-order chi connectivity index (χ1) is 12.6. The number of aromatic nitrogens is 1. The third-order valence-corrected chi connectivity index (χ3v) is 5.67. The quantitative estimate of drug-likeness (QED) is 0.579. The molecule has 2 aromatic rings. The van der Waals surface area contributed by atoms with Gasteiger partial charge in [-0.3, -0.25) is 0 Å². The van der Waals surface area contributed by atoms with E-state index in [0.29, 0.717) is 15.6 Å². The normalized spacial score (nSPS) is 19.0. The Bertz CT molecular complexity index is 902. The van der Waals surface area contributed by atoms with Crippen molar-refractivity contribution < 1.29 is 13.9 Å². The average molecular weight is 392 g/mol. The molecule has 2 aliphatic rings. The number of esters is 1. The van der Waals surface area contributed by atoms with Gasteiger partial charge in [-0.1, -0.05) is 22.9 Å². The van der Waals surface area contributed by atoms with E-state index in [9.17, 15) is 9.18 Å². The molecule has 0 saturated carbocycles. The van der Waals surface area contributed by atoms with Crippen molar-refractivity contribution in [3.8, 4) is 0 Å². The van der Waals surface area contributed by atoms with Gasteiger partial charge in [-0.05, 0) is 49.6 Å². The lowest BCUT2D eigenvalue weighted by Crippen LogP contribution is -2.29. The highest BCUT2D eigenvalue weighted by molar-refractivity contribution is 7.17. The molecule has 0 atom stereocenters. The predicted molar refractivity (Wildman–Crippen MR) is 100 cm³/mol. The number of nitrogens with zero attached hydrogens (tertiary/aromatic N) is 3. The summed E-state index contributed by atoms with van der Waals surface area (Å²) in [5, 5.41) is 1.21. The summed E-state index contributed by atoms with van der Waals surface area (Å²) in [6.45, 7) is 1.93. The van der Waals surface area contributed by atoms with Crippen molar-refractivity contribution in [3.63, 3.8) is 0 Å². The number of anilines is 1. The highest BCUT2D eigenvalue weighted by atomic mass is 35.5.